The average Bonchev–Trinajstić information content (AvgIpc) is 3.60. The van der Waals surface area contributed by atoms with Crippen molar-refractivity contribution in [2.45, 2.75) is 62.8 Å². The molecule has 32 heavy (non-hydrogen) atoms. The molecule has 3 aliphatic rings. The molecule has 0 atom stereocenters. The number of likely N-dealkylation sites (tertiary alicyclic amines) is 1. The molecule has 0 spiro atoms. The van der Waals surface area contributed by atoms with Crippen molar-refractivity contribution in [3.05, 3.63) is 23.8 Å². The van der Waals surface area contributed by atoms with Gasteiger partial charge in [-0.05, 0) is 76.2 Å². The Morgan fingerprint density at radius 3 is 2.34 bits per heavy atom. The first-order chi connectivity index (χ1) is 15.3. The minimum Gasteiger partial charge on any atom is -0.353 e. The Bertz CT molecular complexity index is 947. The summed E-state index contributed by atoms with van der Waals surface area (Å²) in [4.78, 5) is 27.2. The van der Waals surface area contributed by atoms with Crippen LogP contribution in [0.3, 0.4) is 0 Å². The lowest BCUT2D eigenvalue weighted by Crippen LogP contribution is -2.43. The summed E-state index contributed by atoms with van der Waals surface area (Å²) in [5.74, 6) is 0.0225. The van der Waals surface area contributed by atoms with Crippen molar-refractivity contribution in [1.82, 2.24) is 14.5 Å². The zero-order valence-corrected chi connectivity index (χ0v) is 19.6. The predicted molar refractivity (Wildman–Crippen MR) is 123 cm³/mol. The molecule has 9 heteroatoms. The summed E-state index contributed by atoms with van der Waals surface area (Å²) in [7, 11) is -3.55. The van der Waals surface area contributed by atoms with E-state index in [-0.39, 0.29) is 29.2 Å². The fourth-order valence-electron chi connectivity index (χ4n) is 4.44. The summed E-state index contributed by atoms with van der Waals surface area (Å²) < 4.78 is 27.5. The molecule has 1 aromatic carbocycles. The van der Waals surface area contributed by atoms with Gasteiger partial charge in [-0.15, -0.1) is 0 Å². The van der Waals surface area contributed by atoms with Crippen LogP contribution in [0.1, 0.15) is 50.5 Å². The highest BCUT2D eigenvalue weighted by Crippen LogP contribution is 2.26. The van der Waals surface area contributed by atoms with E-state index in [9.17, 15) is 18.0 Å². The molecule has 3 fully saturated rings. The summed E-state index contributed by atoms with van der Waals surface area (Å²) in [6.07, 6.45) is 6.52. The normalized spacial score (nSPS) is 21.3. The van der Waals surface area contributed by atoms with Crippen LogP contribution in [0, 0.1) is 12.8 Å². The molecule has 0 aromatic heterocycles. The predicted octanol–water partition coefficient (Wildman–Crippen LogP) is 2.10. The van der Waals surface area contributed by atoms with Crippen molar-refractivity contribution in [2.24, 2.45) is 5.92 Å². The highest BCUT2D eigenvalue weighted by Gasteiger charge is 2.30. The Kier molecular flexibility index (Phi) is 7.17. The lowest BCUT2D eigenvalue weighted by molar-refractivity contribution is -0.126. The number of aryl methyl sites for hydroxylation is 1. The third kappa shape index (κ3) is 5.68. The van der Waals surface area contributed by atoms with Crippen LogP contribution in [0.25, 0.3) is 0 Å². The third-order valence-electron chi connectivity index (χ3n) is 6.69. The summed E-state index contributed by atoms with van der Waals surface area (Å²) >= 11 is 0. The van der Waals surface area contributed by atoms with Gasteiger partial charge >= 0.3 is 0 Å². The second-order valence-corrected chi connectivity index (χ2v) is 11.3. The Labute approximate surface area is 190 Å². The van der Waals surface area contributed by atoms with Crippen LogP contribution < -0.4 is 10.6 Å². The molecule has 1 aliphatic carbocycles. The first-order valence-corrected chi connectivity index (χ1v) is 13.2. The van der Waals surface area contributed by atoms with Gasteiger partial charge in [-0.25, -0.2) is 8.42 Å². The number of rotatable bonds is 7. The first-order valence-electron chi connectivity index (χ1n) is 11.8. The fraction of sp³-hybridized carbons (Fsp3) is 0.652. The van der Waals surface area contributed by atoms with Crippen LogP contribution in [0.15, 0.2) is 23.1 Å². The molecule has 1 saturated carbocycles. The summed E-state index contributed by atoms with van der Waals surface area (Å²) in [6.45, 7) is 4.60. The van der Waals surface area contributed by atoms with E-state index >= 15 is 0 Å². The van der Waals surface area contributed by atoms with Crippen molar-refractivity contribution in [3.63, 3.8) is 0 Å². The van der Waals surface area contributed by atoms with Gasteiger partial charge < -0.3 is 10.6 Å². The molecule has 0 bridgehead atoms. The average molecular weight is 463 g/mol. The Balaban J connectivity index is 1.32. The number of hydrogen-bond donors (Lipinski definition) is 2. The number of piperidine rings is 2. The highest BCUT2D eigenvalue weighted by atomic mass is 32.2. The van der Waals surface area contributed by atoms with Crippen LogP contribution >= 0.6 is 0 Å². The molecule has 176 valence electrons. The number of nitrogens with zero attached hydrogens (tertiary/aromatic N) is 2. The lowest BCUT2D eigenvalue weighted by atomic mass is 9.96. The highest BCUT2D eigenvalue weighted by molar-refractivity contribution is 7.89. The van der Waals surface area contributed by atoms with Gasteiger partial charge in [0, 0.05) is 30.7 Å². The molecule has 2 amide bonds. The quantitative estimate of drug-likeness (QED) is 0.647. The third-order valence-corrected chi connectivity index (χ3v) is 8.58. The van der Waals surface area contributed by atoms with E-state index in [1.165, 1.54) is 4.31 Å². The summed E-state index contributed by atoms with van der Waals surface area (Å²) in [6, 6.07) is 5.32. The molecule has 4 rings (SSSR count). The van der Waals surface area contributed by atoms with Crippen LogP contribution in [-0.2, 0) is 19.6 Å². The van der Waals surface area contributed by atoms with E-state index in [0.717, 1.165) is 50.5 Å². The van der Waals surface area contributed by atoms with E-state index in [4.69, 9.17) is 0 Å². The number of benzene rings is 1. The monoisotopic (exact) mass is 462 g/mol. The van der Waals surface area contributed by atoms with Crippen molar-refractivity contribution >= 4 is 27.5 Å². The fourth-order valence-corrected chi connectivity index (χ4v) is 5.99. The Morgan fingerprint density at radius 1 is 1.00 bits per heavy atom. The van der Waals surface area contributed by atoms with Crippen molar-refractivity contribution < 1.29 is 18.0 Å². The molecular weight excluding hydrogens is 428 g/mol. The number of anilines is 1. The zero-order valence-electron chi connectivity index (χ0n) is 18.8. The molecule has 0 unspecified atom stereocenters. The number of amides is 2. The minimum absolute atomic E-state index is 0.0360. The zero-order chi connectivity index (χ0) is 22.7. The maximum atomic E-state index is 13.0. The number of nitrogens with one attached hydrogen (secondary N) is 2. The van der Waals surface area contributed by atoms with Gasteiger partial charge in [-0.1, -0.05) is 12.5 Å². The molecule has 2 aliphatic heterocycles. The smallest absolute Gasteiger partial charge is 0.243 e. The molecule has 2 N–H and O–H groups in total. The molecule has 2 heterocycles. The second-order valence-electron chi connectivity index (χ2n) is 9.32. The lowest BCUT2D eigenvalue weighted by Gasteiger charge is -2.30. The molecule has 0 radical (unpaired) electrons. The van der Waals surface area contributed by atoms with Crippen molar-refractivity contribution in [3.8, 4) is 0 Å². The van der Waals surface area contributed by atoms with Crippen LogP contribution in [0.4, 0.5) is 5.69 Å². The van der Waals surface area contributed by atoms with Crippen molar-refractivity contribution in [1.29, 1.82) is 0 Å². The minimum atomic E-state index is -3.55. The van der Waals surface area contributed by atoms with E-state index in [1.54, 1.807) is 18.2 Å². The molecule has 2 saturated heterocycles. The van der Waals surface area contributed by atoms with Crippen LogP contribution in [0.5, 0.6) is 0 Å². The summed E-state index contributed by atoms with van der Waals surface area (Å²) in [5.41, 5.74) is 1.36. The van der Waals surface area contributed by atoms with Gasteiger partial charge in [0.25, 0.3) is 0 Å². The number of sulfonamides is 1. The summed E-state index contributed by atoms with van der Waals surface area (Å²) in [5, 5.41) is 5.97. The van der Waals surface area contributed by atoms with E-state index < -0.39 is 10.0 Å². The van der Waals surface area contributed by atoms with Gasteiger partial charge in [-0.3, -0.25) is 14.5 Å². The first kappa shape index (κ1) is 23.2. The van der Waals surface area contributed by atoms with E-state index in [2.05, 4.69) is 15.5 Å². The van der Waals surface area contributed by atoms with Crippen molar-refractivity contribution in [2.75, 3.05) is 38.0 Å². The Hall–Kier alpha value is -1.97. The van der Waals surface area contributed by atoms with Gasteiger partial charge in [0.15, 0.2) is 0 Å². The number of hydrogen-bond acceptors (Lipinski definition) is 5. The second kappa shape index (κ2) is 9.89. The molecule has 1 aromatic rings. The number of carbonyl (C=O) groups is 2. The van der Waals surface area contributed by atoms with Crippen LogP contribution in [-0.4, -0.2) is 68.2 Å². The van der Waals surface area contributed by atoms with Crippen LogP contribution in [0.2, 0.25) is 0 Å². The SMILES string of the molecule is Cc1ccc(S(=O)(=O)N2CCCCC2)cc1NC(=O)CN1CCC(C(=O)NC2CC2)CC1. The van der Waals surface area contributed by atoms with Gasteiger partial charge in [0.2, 0.25) is 21.8 Å². The standard InChI is InChI=1S/C23H34N4O4S/c1-17-5-8-20(32(30,31)27-11-3-2-4-12-27)15-21(17)25-22(28)16-26-13-9-18(10-14-26)23(29)24-19-6-7-19/h5,8,15,18-19H,2-4,6-7,9-14,16H2,1H3,(H,24,29)(H,25,28). The van der Waals surface area contributed by atoms with E-state index in [0.29, 0.717) is 37.9 Å². The molecular formula is C23H34N4O4S. The maximum Gasteiger partial charge on any atom is 0.243 e. The van der Waals surface area contributed by atoms with E-state index in [1.807, 2.05) is 6.92 Å². The van der Waals surface area contributed by atoms with Gasteiger partial charge in [0.05, 0.1) is 11.4 Å². The maximum absolute atomic E-state index is 13.0. The molecule has 8 nitrogen and oxygen atoms in total. The van der Waals surface area contributed by atoms with Gasteiger partial charge in [0.1, 0.15) is 0 Å². The Morgan fingerprint density at radius 2 is 1.69 bits per heavy atom. The topological polar surface area (TPSA) is 98.8 Å². The number of carbonyl (C=O) groups excluding carboxylic acids is 2. The van der Waals surface area contributed by atoms with Gasteiger partial charge in [-0.2, -0.15) is 4.31 Å². The largest absolute Gasteiger partial charge is 0.353 e.